The number of fused-ring (bicyclic) bond motifs is 1. The minimum absolute atomic E-state index is 0.324. The first kappa shape index (κ1) is 25.4. The number of hydrazone groups is 1. The smallest absolute Gasteiger partial charge is 0.258 e. The van der Waals surface area contributed by atoms with Gasteiger partial charge >= 0.3 is 0 Å². The highest BCUT2D eigenvalue weighted by atomic mass is 16.1. The number of hydrogen-bond donors (Lipinski definition) is 3. The van der Waals surface area contributed by atoms with Crippen molar-refractivity contribution in [2.75, 3.05) is 37.0 Å². The Labute approximate surface area is 205 Å². The predicted octanol–water partition coefficient (Wildman–Crippen LogP) is 3.10. The summed E-state index contributed by atoms with van der Waals surface area (Å²) in [5.41, 5.74) is 5.13. The molecule has 0 spiro atoms. The number of aromatic nitrogens is 1. The number of amidine groups is 1. The summed E-state index contributed by atoms with van der Waals surface area (Å²) >= 11 is 0. The van der Waals surface area contributed by atoms with Crippen LogP contribution in [0, 0.1) is 0 Å². The van der Waals surface area contributed by atoms with E-state index in [4.69, 9.17) is 0 Å². The molecule has 1 aromatic heterocycles. The van der Waals surface area contributed by atoms with Gasteiger partial charge in [-0.3, -0.25) is 20.0 Å². The van der Waals surface area contributed by atoms with Gasteiger partial charge in [0.1, 0.15) is 5.82 Å². The normalized spacial score (nSPS) is 15.1. The van der Waals surface area contributed by atoms with Crippen LogP contribution in [0.25, 0.3) is 0 Å². The van der Waals surface area contributed by atoms with E-state index in [2.05, 4.69) is 43.0 Å². The number of amides is 2. The molecule has 0 atom stereocenters. The Morgan fingerprint density at radius 2 is 2.03 bits per heavy atom. The molecule has 0 saturated heterocycles. The summed E-state index contributed by atoms with van der Waals surface area (Å²) < 4.78 is 0. The molecule has 0 aliphatic carbocycles. The van der Waals surface area contributed by atoms with Crippen LogP contribution in [0.5, 0.6) is 0 Å². The van der Waals surface area contributed by atoms with Crippen LogP contribution in [-0.2, 0) is 4.79 Å². The number of nitrogens with zero attached hydrogens (tertiary/aromatic N) is 5. The standard InChI is InChI=1S/C25H32N8O2/c1-3-4-7-16-33(17-15-26-19-34)24-13-12-20(18-28-24)25(35)29-23-11-8-14-27-21-9-5-6-10-22(21)30-32(2)31-23/h5-6,8-14,18-19,30H,3-4,7,15-17H2,1-2H3,(H,26,34)(H,29,31,35)/b11-8+,27-14?. The topological polar surface area (TPSA) is 114 Å². The summed E-state index contributed by atoms with van der Waals surface area (Å²) in [6.45, 7) is 4.16. The molecule has 2 heterocycles. The fourth-order valence-electron chi connectivity index (χ4n) is 3.45. The number of hydrogen-bond acceptors (Lipinski definition) is 8. The maximum absolute atomic E-state index is 12.9. The van der Waals surface area contributed by atoms with Crippen LogP contribution < -0.4 is 21.0 Å². The summed E-state index contributed by atoms with van der Waals surface area (Å²) in [5.74, 6) is 0.788. The van der Waals surface area contributed by atoms with Gasteiger partial charge in [0.15, 0.2) is 5.84 Å². The lowest BCUT2D eigenvalue weighted by Crippen LogP contribution is -2.34. The number of carbonyl (C=O) groups is 2. The molecule has 0 saturated carbocycles. The van der Waals surface area contributed by atoms with Crippen LogP contribution in [0.3, 0.4) is 0 Å². The highest BCUT2D eigenvalue weighted by Crippen LogP contribution is 2.24. The van der Waals surface area contributed by atoms with Crippen LogP contribution in [0.1, 0.15) is 36.5 Å². The summed E-state index contributed by atoms with van der Waals surface area (Å²) in [6, 6.07) is 11.2. The Kier molecular flexibility index (Phi) is 9.79. The molecule has 184 valence electrons. The maximum atomic E-state index is 12.9. The number of aliphatic imine (C=N–C) groups is 1. The molecule has 1 aromatic carbocycles. The summed E-state index contributed by atoms with van der Waals surface area (Å²) in [7, 11) is 1.74. The number of unbranched alkanes of at least 4 members (excludes halogenated alkanes) is 2. The van der Waals surface area contributed by atoms with E-state index in [-0.39, 0.29) is 5.91 Å². The molecule has 35 heavy (non-hydrogen) atoms. The maximum Gasteiger partial charge on any atom is 0.258 e. The zero-order chi connectivity index (χ0) is 24.9. The van der Waals surface area contributed by atoms with Gasteiger partial charge in [0.25, 0.3) is 5.91 Å². The van der Waals surface area contributed by atoms with Crippen molar-refractivity contribution in [3.05, 3.63) is 60.3 Å². The Bertz CT molecular complexity index is 1070. The zero-order valence-electron chi connectivity index (χ0n) is 20.1. The molecule has 0 fully saturated rings. The molecular weight excluding hydrogens is 444 g/mol. The number of hydrazine groups is 1. The number of benzene rings is 1. The van der Waals surface area contributed by atoms with E-state index in [1.165, 1.54) is 5.12 Å². The van der Waals surface area contributed by atoms with Crippen molar-refractivity contribution < 1.29 is 9.59 Å². The van der Waals surface area contributed by atoms with Gasteiger partial charge in [-0.25, -0.2) is 10.1 Å². The molecule has 10 heteroatoms. The van der Waals surface area contributed by atoms with Crippen molar-refractivity contribution in [2.24, 2.45) is 10.1 Å². The average Bonchev–Trinajstić information content (AvgIpc) is 2.86. The number of rotatable bonds is 10. The van der Waals surface area contributed by atoms with Gasteiger partial charge in [-0.2, -0.15) is 0 Å². The van der Waals surface area contributed by atoms with Crippen molar-refractivity contribution in [3.63, 3.8) is 0 Å². The molecule has 2 aromatic rings. The number of pyridine rings is 1. The molecule has 1 aliphatic heterocycles. The highest BCUT2D eigenvalue weighted by molar-refractivity contribution is 6.11. The van der Waals surface area contributed by atoms with Gasteiger partial charge < -0.3 is 15.5 Å². The molecule has 3 N–H and O–H groups in total. The lowest BCUT2D eigenvalue weighted by atomic mass is 10.2. The van der Waals surface area contributed by atoms with E-state index in [9.17, 15) is 9.59 Å². The van der Waals surface area contributed by atoms with Crippen LogP contribution in [0.4, 0.5) is 17.2 Å². The van der Waals surface area contributed by atoms with E-state index in [0.29, 0.717) is 30.9 Å². The summed E-state index contributed by atoms with van der Waals surface area (Å²) in [4.78, 5) is 34.5. The van der Waals surface area contributed by atoms with E-state index >= 15 is 0 Å². The van der Waals surface area contributed by atoms with E-state index in [1.807, 2.05) is 30.3 Å². The number of anilines is 2. The van der Waals surface area contributed by atoms with Crippen molar-refractivity contribution in [1.29, 1.82) is 0 Å². The van der Waals surface area contributed by atoms with Crippen LogP contribution in [0.2, 0.25) is 0 Å². The molecule has 0 unspecified atom stereocenters. The van der Waals surface area contributed by atoms with Crippen molar-refractivity contribution in [1.82, 2.24) is 20.7 Å². The quantitative estimate of drug-likeness (QED) is 0.359. The van der Waals surface area contributed by atoms with Crippen LogP contribution in [0.15, 0.2) is 64.8 Å². The third-order valence-corrected chi connectivity index (χ3v) is 5.21. The minimum atomic E-state index is -0.324. The van der Waals surface area contributed by atoms with Gasteiger partial charge in [0.2, 0.25) is 6.41 Å². The van der Waals surface area contributed by atoms with Crippen LogP contribution >= 0.6 is 0 Å². The molecular formula is C25H32N8O2. The van der Waals surface area contributed by atoms with Gasteiger partial charge in [-0.1, -0.05) is 31.9 Å². The van der Waals surface area contributed by atoms with Crippen LogP contribution in [-0.4, -0.2) is 61.2 Å². The second-order valence-electron chi connectivity index (χ2n) is 7.90. The molecule has 0 radical (unpaired) electrons. The Morgan fingerprint density at radius 3 is 2.80 bits per heavy atom. The van der Waals surface area contributed by atoms with E-state index in [1.54, 1.807) is 37.7 Å². The Balaban J connectivity index is 1.68. The first-order chi connectivity index (χ1) is 17.1. The van der Waals surface area contributed by atoms with Crippen molar-refractivity contribution in [3.8, 4) is 0 Å². The molecule has 0 bridgehead atoms. The second kappa shape index (κ2) is 13.5. The number of nitrogens with one attached hydrogen (secondary N) is 3. The highest BCUT2D eigenvalue weighted by Gasteiger charge is 2.12. The van der Waals surface area contributed by atoms with Crippen molar-refractivity contribution in [2.45, 2.75) is 26.2 Å². The summed E-state index contributed by atoms with van der Waals surface area (Å²) in [5, 5.41) is 11.4. The fraction of sp³-hybridized carbons (Fsp3) is 0.320. The molecule has 1 aliphatic rings. The third kappa shape index (κ3) is 7.95. The lowest BCUT2D eigenvalue weighted by molar-refractivity contribution is -0.109. The minimum Gasteiger partial charge on any atom is -0.357 e. The van der Waals surface area contributed by atoms with Gasteiger partial charge in [-0.15, -0.1) is 5.10 Å². The molecule has 10 nitrogen and oxygen atoms in total. The predicted molar refractivity (Wildman–Crippen MR) is 140 cm³/mol. The fourth-order valence-corrected chi connectivity index (χ4v) is 3.45. The largest absolute Gasteiger partial charge is 0.357 e. The average molecular weight is 477 g/mol. The van der Waals surface area contributed by atoms with Crippen molar-refractivity contribution >= 4 is 41.6 Å². The summed E-state index contributed by atoms with van der Waals surface area (Å²) in [6.07, 6.45) is 10.6. The SMILES string of the molecule is CCCCCN(CCNC=O)c1ccc(C(=O)NC2=N/N(C)Nc3ccccc3N=C\C=C\2)cn1. The Hall–Kier alpha value is -4.21. The third-order valence-electron chi connectivity index (χ3n) is 5.21. The molecule has 2 amide bonds. The zero-order valence-corrected chi connectivity index (χ0v) is 20.1. The monoisotopic (exact) mass is 476 g/mol. The lowest BCUT2D eigenvalue weighted by Gasteiger charge is -2.23. The van der Waals surface area contributed by atoms with E-state index < -0.39 is 0 Å². The number of para-hydroxylation sites is 2. The van der Waals surface area contributed by atoms with Gasteiger partial charge in [0.05, 0.1) is 16.9 Å². The number of carbonyl (C=O) groups excluding carboxylic acids is 2. The van der Waals surface area contributed by atoms with Gasteiger partial charge in [0, 0.05) is 39.1 Å². The first-order valence-electron chi connectivity index (χ1n) is 11.7. The van der Waals surface area contributed by atoms with Gasteiger partial charge in [-0.05, 0) is 42.8 Å². The second-order valence-corrected chi connectivity index (χ2v) is 7.90. The Morgan fingerprint density at radius 1 is 1.17 bits per heavy atom. The van der Waals surface area contributed by atoms with E-state index in [0.717, 1.165) is 43.0 Å². The number of allylic oxidation sites excluding steroid dienone is 1. The first-order valence-corrected chi connectivity index (χ1v) is 11.7. The molecule has 3 rings (SSSR count).